The van der Waals surface area contributed by atoms with Crippen LogP contribution in [0.5, 0.6) is 0 Å². The normalized spacial score (nSPS) is 19.3. The number of carbonyl (C=O) groups excluding carboxylic acids is 1. The van der Waals surface area contributed by atoms with Gasteiger partial charge in [-0.15, -0.1) is 11.3 Å². The van der Waals surface area contributed by atoms with Gasteiger partial charge in [-0.05, 0) is 19.3 Å². The number of aromatic nitrogens is 3. The second-order valence-corrected chi connectivity index (χ2v) is 8.01. The first-order valence-electron chi connectivity index (χ1n) is 6.91. The fourth-order valence-electron chi connectivity index (χ4n) is 2.76. The molecule has 1 fully saturated rings. The molecule has 1 N–H and O–H groups in total. The Balaban J connectivity index is 1.97. The van der Waals surface area contributed by atoms with E-state index >= 15 is 0 Å². The molecule has 3 heterocycles. The third kappa shape index (κ3) is 2.78. The van der Waals surface area contributed by atoms with Crippen LogP contribution in [0.3, 0.4) is 0 Å². The molecule has 0 saturated carbocycles. The Hall–Kier alpha value is -1.74. The number of amides is 1. The van der Waals surface area contributed by atoms with E-state index in [1.807, 2.05) is 0 Å². The monoisotopic (exact) mass is 340 g/mol. The predicted molar refractivity (Wildman–Crippen MR) is 81.4 cm³/mol. The number of thiazole rings is 1. The van der Waals surface area contributed by atoms with Gasteiger partial charge in [0.15, 0.2) is 9.84 Å². The van der Waals surface area contributed by atoms with Crippen molar-refractivity contribution >= 4 is 27.1 Å². The number of piperidine rings is 1. The number of hydrogen-bond donors (Lipinski definition) is 1. The van der Waals surface area contributed by atoms with Crippen LogP contribution < -0.4 is 0 Å². The van der Waals surface area contributed by atoms with Crippen LogP contribution in [0.25, 0.3) is 0 Å². The molecule has 0 aliphatic carbocycles. The van der Waals surface area contributed by atoms with Crippen molar-refractivity contribution in [1.29, 1.82) is 0 Å². The third-order valence-electron chi connectivity index (χ3n) is 3.78. The second-order valence-electron chi connectivity index (χ2n) is 5.30. The highest BCUT2D eigenvalue weighted by Gasteiger charge is 2.33. The lowest BCUT2D eigenvalue weighted by atomic mass is 9.99. The maximum atomic E-state index is 12.6. The number of rotatable bonds is 3. The molecule has 7 nitrogen and oxygen atoms in total. The fraction of sp³-hybridized carbons (Fsp3) is 0.462. The average molecular weight is 340 g/mol. The SMILES string of the molecule is CS(=O)(=O)c1cn[nH]c1[C@@H]1CCCCN1C(=O)c1cscn1. The first-order chi connectivity index (χ1) is 10.5. The maximum absolute atomic E-state index is 12.6. The van der Waals surface area contributed by atoms with E-state index in [0.29, 0.717) is 24.4 Å². The first-order valence-corrected chi connectivity index (χ1v) is 9.74. The number of nitrogens with zero attached hydrogens (tertiary/aromatic N) is 3. The molecule has 2 aromatic rings. The quantitative estimate of drug-likeness (QED) is 0.916. The van der Waals surface area contributed by atoms with Crippen molar-refractivity contribution in [1.82, 2.24) is 20.1 Å². The zero-order valence-electron chi connectivity index (χ0n) is 12.0. The van der Waals surface area contributed by atoms with Crippen molar-refractivity contribution in [3.05, 3.63) is 28.5 Å². The van der Waals surface area contributed by atoms with Crippen molar-refractivity contribution in [2.75, 3.05) is 12.8 Å². The number of likely N-dealkylation sites (tertiary alicyclic amines) is 1. The molecule has 9 heteroatoms. The van der Waals surface area contributed by atoms with Crippen LogP contribution >= 0.6 is 11.3 Å². The van der Waals surface area contributed by atoms with Gasteiger partial charge in [-0.3, -0.25) is 9.89 Å². The van der Waals surface area contributed by atoms with Crippen LogP contribution in [0, 0.1) is 0 Å². The van der Waals surface area contributed by atoms with E-state index in [1.54, 1.807) is 15.8 Å². The first kappa shape index (κ1) is 15.2. The van der Waals surface area contributed by atoms with Crippen LogP contribution in [-0.4, -0.2) is 47.2 Å². The summed E-state index contributed by atoms with van der Waals surface area (Å²) < 4.78 is 23.8. The molecular weight excluding hydrogens is 324 g/mol. The van der Waals surface area contributed by atoms with Gasteiger partial charge in [0.25, 0.3) is 5.91 Å². The fourth-order valence-corrected chi connectivity index (χ4v) is 4.11. The maximum Gasteiger partial charge on any atom is 0.273 e. The molecule has 0 aromatic carbocycles. The average Bonchev–Trinajstić information content (AvgIpc) is 3.17. The molecule has 1 amide bonds. The minimum absolute atomic E-state index is 0.162. The van der Waals surface area contributed by atoms with E-state index in [4.69, 9.17) is 0 Å². The summed E-state index contributed by atoms with van der Waals surface area (Å²) in [5.74, 6) is -0.167. The molecule has 1 saturated heterocycles. The molecule has 118 valence electrons. The Kier molecular flexibility index (Phi) is 4.00. The Labute approximate surface area is 132 Å². The molecule has 1 atom stereocenters. The van der Waals surface area contributed by atoms with E-state index in [9.17, 15) is 13.2 Å². The van der Waals surface area contributed by atoms with E-state index in [0.717, 1.165) is 19.1 Å². The molecule has 0 spiro atoms. The number of nitrogens with one attached hydrogen (secondary N) is 1. The number of hydrogen-bond acceptors (Lipinski definition) is 6. The van der Waals surface area contributed by atoms with Crippen LogP contribution in [-0.2, 0) is 9.84 Å². The lowest BCUT2D eigenvalue weighted by Crippen LogP contribution is -2.39. The lowest BCUT2D eigenvalue weighted by molar-refractivity contribution is 0.0597. The summed E-state index contributed by atoms with van der Waals surface area (Å²) in [5, 5.41) is 8.34. The summed E-state index contributed by atoms with van der Waals surface area (Å²) in [6, 6.07) is -0.310. The predicted octanol–water partition coefficient (Wildman–Crippen LogP) is 1.64. The number of aromatic amines is 1. The molecule has 2 aromatic heterocycles. The summed E-state index contributed by atoms with van der Waals surface area (Å²) in [7, 11) is -3.39. The topological polar surface area (TPSA) is 96.0 Å². The zero-order valence-corrected chi connectivity index (χ0v) is 13.7. The van der Waals surface area contributed by atoms with Crippen LogP contribution in [0.2, 0.25) is 0 Å². The van der Waals surface area contributed by atoms with Gasteiger partial charge in [0.1, 0.15) is 10.6 Å². The van der Waals surface area contributed by atoms with E-state index in [-0.39, 0.29) is 16.8 Å². The lowest BCUT2D eigenvalue weighted by Gasteiger charge is -2.35. The van der Waals surface area contributed by atoms with Crippen LogP contribution in [0.4, 0.5) is 0 Å². The highest BCUT2D eigenvalue weighted by atomic mass is 32.2. The molecule has 1 aliphatic heterocycles. The molecule has 0 bridgehead atoms. The van der Waals surface area contributed by atoms with E-state index in [2.05, 4.69) is 15.2 Å². The molecule has 0 unspecified atom stereocenters. The van der Waals surface area contributed by atoms with Crippen molar-refractivity contribution in [2.24, 2.45) is 0 Å². The standard InChI is InChI=1S/C13H16N4O3S2/c1-22(19,20)11-6-15-16-12(11)10-4-2-3-5-17(10)13(18)9-7-21-8-14-9/h6-8,10H,2-5H2,1H3,(H,15,16)/t10-/m0/s1. The molecular formula is C13H16N4O3S2. The Morgan fingerprint density at radius 3 is 2.95 bits per heavy atom. The summed E-state index contributed by atoms with van der Waals surface area (Å²) in [4.78, 5) is 18.5. The summed E-state index contributed by atoms with van der Waals surface area (Å²) in [5.41, 5.74) is 2.51. The number of H-pyrrole nitrogens is 1. The largest absolute Gasteiger partial charge is 0.329 e. The molecule has 0 radical (unpaired) electrons. The van der Waals surface area contributed by atoms with Gasteiger partial charge in [-0.1, -0.05) is 0 Å². The second kappa shape index (κ2) is 5.81. The minimum Gasteiger partial charge on any atom is -0.329 e. The van der Waals surface area contributed by atoms with Gasteiger partial charge in [-0.25, -0.2) is 13.4 Å². The third-order valence-corrected chi connectivity index (χ3v) is 5.49. The zero-order chi connectivity index (χ0) is 15.7. The van der Waals surface area contributed by atoms with Gasteiger partial charge in [0, 0.05) is 18.2 Å². The van der Waals surface area contributed by atoms with E-state index in [1.165, 1.54) is 17.5 Å². The van der Waals surface area contributed by atoms with Gasteiger partial charge < -0.3 is 4.90 Å². The highest BCUT2D eigenvalue weighted by Crippen LogP contribution is 2.34. The van der Waals surface area contributed by atoms with E-state index < -0.39 is 9.84 Å². The van der Waals surface area contributed by atoms with Crippen molar-refractivity contribution in [3.8, 4) is 0 Å². The van der Waals surface area contributed by atoms with Crippen molar-refractivity contribution in [2.45, 2.75) is 30.2 Å². The molecule has 3 rings (SSSR count). The van der Waals surface area contributed by atoms with Gasteiger partial charge >= 0.3 is 0 Å². The van der Waals surface area contributed by atoms with Gasteiger partial charge in [-0.2, -0.15) is 5.10 Å². The smallest absolute Gasteiger partial charge is 0.273 e. The summed E-state index contributed by atoms with van der Waals surface area (Å²) >= 11 is 1.36. The number of carbonyl (C=O) groups is 1. The van der Waals surface area contributed by atoms with Gasteiger partial charge in [0.05, 0.1) is 23.4 Å². The molecule has 22 heavy (non-hydrogen) atoms. The van der Waals surface area contributed by atoms with Crippen molar-refractivity contribution < 1.29 is 13.2 Å². The summed E-state index contributed by atoms with van der Waals surface area (Å²) in [6.07, 6.45) is 5.00. The van der Waals surface area contributed by atoms with Gasteiger partial charge in [0.2, 0.25) is 0 Å². The van der Waals surface area contributed by atoms with Crippen LogP contribution in [0.15, 0.2) is 22.0 Å². The Morgan fingerprint density at radius 1 is 1.45 bits per heavy atom. The Bertz CT molecular complexity index is 767. The summed E-state index contributed by atoms with van der Waals surface area (Å²) in [6.45, 7) is 0.587. The Morgan fingerprint density at radius 2 is 2.27 bits per heavy atom. The molecule has 1 aliphatic rings. The van der Waals surface area contributed by atoms with Crippen LogP contribution in [0.1, 0.15) is 41.5 Å². The number of sulfone groups is 1. The highest BCUT2D eigenvalue weighted by molar-refractivity contribution is 7.90. The van der Waals surface area contributed by atoms with Crippen molar-refractivity contribution in [3.63, 3.8) is 0 Å². The minimum atomic E-state index is -3.39.